The van der Waals surface area contributed by atoms with Gasteiger partial charge in [-0.3, -0.25) is 4.98 Å². The summed E-state index contributed by atoms with van der Waals surface area (Å²) in [5, 5.41) is 8.20. The van der Waals surface area contributed by atoms with E-state index in [1.54, 1.807) is 12.4 Å². The van der Waals surface area contributed by atoms with Crippen molar-refractivity contribution in [1.29, 1.82) is 0 Å². The van der Waals surface area contributed by atoms with Gasteiger partial charge in [-0.1, -0.05) is 26.2 Å². The Labute approximate surface area is 248 Å². The SMILES string of the molecule is CCCCCCOc1ccc(-c2nnc(-c3ccncc3)o2)cc1.Fc1c(I)c(F)c(I)c(F)c1I. The molecule has 2 heterocycles. The van der Waals surface area contributed by atoms with Crippen molar-refractivity contribution in [3.05, 3.63) is 77.0 Å². The molecule has 0 unspecified atom stereocenters. The molecule has 0 atom stereocenters. The molecule has 0 N–H and O–H groups in total. The van der Waals surface area contributed by atoms with Gasteiger partial charge in [-0.15, -0.1) is 10.2 Å². The molecule has 2 aromatic carbocycles. The van der Waals surface area contributed by atoms with Crippen molar-refractivity contribution in [1.82, 2.24) is 15.2 Å². The highest BCUT2D eigenvalue weighted by molar-refractivity contribution is 14.1. The highest BCUT2D eigenvalue weighted by atomic mass is 127. The van der Waals surface area contributed by atoms with E-state index in [1.807, 2.05) is 36.4 Å². The summed E-state index contributed by atoms with van der Waals surface area (Å²) in [5.74, 6) is -0.631. The molecule has 4 rings (SSSR count). The van der Waals surface area contributed by atoms with Crippen LogP contribution in [0.4, 0.5) is 13.2 Å². The third-order valence-electron chi connectivity index (χ3n) is 4.88. The molecule has 0 aliphatic rings. The number of halogens is 6. The van der Waals surface area contributed by atoms with Crippen molar-refractivity contribution in [3.63, 3.8) is 0 Å². The molecule has 5 nitrogen and oxygen atoms in total. The number of benzene rings is 2. The first-order chi connectivity index (χ1) is 17.3. The second-order valence-corrected chi connectivity index (χ2v) is 10.7. The minimum Gasteiger partial charge on any atom is -0.494 e. The lowest BCUT2D eigenvalue weighted by Gasteiger charge is -2.06. The molecule has 190 valence electrons. The van der Waals surface area contributed by atoms with Gasteiger partial charge < -0.3 is 9.15 Å². The van der Waals surface area contributed by atoms with Crippen molar-refractivity contribution in [2.24, 2.45) is 0 Å². The number of pyridine rings is 1. The van der Waals surface area contributed by atoms with E-state index in [0.29, 0.717) is 11.8 Å². The molecule has 0 fully saturated rings. The first kappa shape index (κ1) is 29.1. The first-order valence-electron chi connectivity index (χ1n) is 11.0. The predicted octanol–water partition coefficient (Wildman–Crippen LogP) is 8.68. The summed E-state index contributed by atoms with van der Waals surface area (Å²) in [6.07, 6.45) is 8.21. The summed E-state index contributed by atoms with van der Waals surface area (Å²) in [6.45, 7) is 2.96. The number of rotatable bonds is 8. The van der Waals surface area contributed by atoms with E-state index >= 15 is 0 Å². The largest absolute Gasteiger partial charge is 0.494 e. The monoisotopic (exact) mass is 833 g/mol. The highest BCUT2D eigenvalue weighted by Crippen LogP contribution is 2.28. The maximum absolute atomic E-state index is 12.9. The number of aromatic nitrogens is 3. The standard InChI is InChI=1S/C19H21N3O2.C6F3I3/c1-2-3-4-5-14-23-17-8-6-15(7-9-17)18-21-22-19(24-18)16-10-12-20-13-11-16;7-1-4(10)2(8)6(12)3(9)5(1)11/h6-13H,2-5,14H2,1H3;. The van der Waals surface area contributed by atoms with Crippen molar-refractivity contribution in [2.45, 2.75) is 32.6 Å². The van der Waals surface area contributed by atoms with Gasteiger partial charge >= 0.3 is 0 Å². The Morgan fingerprint density at radius 2 is 1.22 bits per heavy atom. The molecule has 0 aliphatic carbocycles. The molecule has 0 saturated carbocycles. The van der Waals surface area contributed by atoms with Gasteiger partial charge in [0.1, 0.15) is 5.75 Å². The molecule has 2 aromatic heterocycles. The zero-order valence-corrected chi connectivity index (χ0v) is 25.6. The Morgan fingerprint density at radius 1 is 0.722 bits per heavy atom. The average Bonchev–Trinajstić information content (AvgIpc) is 3.41. The number of hydrogen-bond acceptors (Lipinski definition) is 5. The number of hydrogen-bond donors (Lipinski definition) is 0. The molecule has 0 saturated heterocycles. The molecule has 36 heavy (non-hydrogen) atoms. The minimum atomic E-state index is -0.827. The Balaban J connectivity index is 0.000000253. The van der Waals surface area contributed by atoms with Crippen LogP contribution < -0.4 is 4.74 Å². The lowest BCUT2D eigenvalue weighted by atomic mass is 10.2. The van der Waals surface area contributed by atoms with Crippen molar-refractivity contribution in [3.8, 4) is 28.7 Å². The smallest absolute Gasteiger partial charge is 0.248 e. The first-order valence-corrected chi connectivity index (χ1v) is 14.2. The third kappa shape index (κ3) is 7.76. The Hall–Kier alpha value is -1.49. The van der Waals surface area contributed by atoms with Crippen LogP contribution >= 0.6 is 67.8 Å². The Morgan fingerprint density at radius 3 is 1.72 bits per heavy atom. The van der Waals surface area contributed by atoms with Gasteiger partial charge in [0.25, 0.3) is 0 Å². The normalized spacial score (nSPS) is 10.6. The van der Waals surface area contributed by atoms with Crippen molar-refractivity contribution >= 4 is 67.8 Å². The molecular weight excluding hydrogens is 812 g/mol. The minimum absolute atomic E-state index is 0.164. The van der Waals surface area contributed by atoms with Crippen LogP contribution in [-0.4, -0.2) is 21.8 Å². The van der Waals surface area contributed by atoms with Crippen LogP contribution in [-0.2, 0) is 0 Å². The van der Waals surface area contributed by atoms with Gasteiger partial charge in [0.15, 0.2) is 17.5 Å². The topological polar surface area (TPSA) is 61.0 Å². The van der Waals surface area contributed by atoms with Crippen molar-refractivity contribution in [2.75, 3.05) is 6.61 Å². The fraction of sp³-hybridized carbons (Fsp3) is 0.240. The summed E-state index contributed by atoms with van der Waals surface area (Å²) < 4.78 is 49.8. The van der Waals surface area contributed by atoms with Crippen LogP contribution in [0.1, 0.15) is 32.6 Å². The van der Waals surface area contributed by atoms with E-state index in [9.17, 15) is 13.2 Å². The Kier molecular flexibility index (Phi) is 11.7. The fourth-order valence-electron chi connectivity index (χ4n) is 2.94. The molecule has 0 radical (unpaired) electrons. The lowest BCUT2D eigenvalue weighted by Crippen LogP contribution is -2.01. The number of nitrogens with zero attached hydrogens (tertiary/aromatic N) is 3. The average molecular weight is 833 g/mol. The van der Waals surface area contributed by atoms with Crippen molar-refractivity contribution < 1.29 is 22.3 Å². The maximum atomic E-state index is 12.9. The van der Waals surface area contributed by atoms with E-state index in [0.717, 1.165) is 29.9 Å². The maximum Gasteiger partial charge on any atom is 0.248 e. The highest BCUT2D eigenvalue weighted by Gasteiger charge is 2.20. The third-order valence-corrected chi connectivity index (χ3v) is 7.72. The second-order valence-electron chi connectivity index (χ2n) is 7.47. The van der Waals surface area contributed by atoms with Gasteiger partial charge in [0.2, 0.25) is 11.8 Å². The molecule has 0 bridgehead atoms. The van der Waals surface area contributed by atoms with E-state index < -0.39 is 17.5 Å². The molecule has 4 aromatic rings. The summed E-state index contributed by atoms with van der Waals surface area (Å²) in [4.78, 5) is 3.98. The van der Waals surface area contributed by atoms with E-state index in [2.05, 4.69) is 22.1 Å². The summed E-state index contributed by atoms with van der Waals surface area (Å²) in [6, 6.07) is 11.4. The van der Waals surface area contributed by atoms with Gasteiger partial charge in [0.05, 0.1) is 17.3 Å². The predicted molar refractivity (Wildman–Crippen MR) is 157 cm³/mol. The van der Waals surface area contributed by atoms with Gasteiger partial charge in [-0.2, -0.15) is 0 Å². The molecule has 11 heteroatoms. The van der Waals surface area contributed by atoms with Gasteiger partial charge in [0, 0.05) is 23.5 Å². The second kappa shape index (κ2) is 14.4. The van der Waals surface area contributed by atoms with Crippen LogP contribution in [0.3, 0.4) is 0 Å². The summed E-state index contributed by atoms with van der Waals surface area (Å²) in [7, 11) is 0. The molecular formula is C25H21F3I3N3O2. The van der Waals surface area contributed by atoms with E-state index in [1.165, 1.54) is 87.0 Å². The van der Waals surface area contributed by atoms with E-state index in [4.69, 9.17) is 9.15 Å². The fourth-order valence-corrected chi connectivity index (χ4v) is 6.11. The number of ether oxygens (including phenoxy) is 1. The quantitative estimate of drug-likeness (QED) is 0.0771. The van der Waals surface area contributed by atoms with Crippen LogP contribution in [0.15, 0.2) is 53.2 Å². The van der Waals surface area contributed by atoms with Crippen LogP contribution in [0.2, 0.25) is 0 Å². The molecule has 0 amide bonds. The zero-order chi connectivity index (χ0) is 26.1. The van der Waals surface area contributed by atoms with Crippen LogP contribution in [0.25, 0.3) is 22.9 Å². The van der Waals surface area contributed by atoms with Crippen LogP contribution in [0.5, 0.6) is 5.75 Å². The summed E-state index contributed by atoms with van der Waals surface area (Å²) >= 11 is 4.53. The van der Waals surface area contributed by atoms with Crippen LogP contribution in [0, 0.1) is 28.2 Å². The molecule has 0 aliphatic heterocycles. The molecule has 0 spiro atoms. The lowest BCUT2D eigenvalue weighted by molar-refractivity contribution is 0.305. The zero-order valence-electron chi connectivity index (χ0n) is 19.1. The number of unbranched alkanes of at least 4 members (excludes halogenated alkanes) is 3. The van der Waals surface area contributed by atoms with Gasteiger partial charge in [-0.25, -0.2) is 13.2 Å². The summed E-state index contributed by atoms with van der Waals surface area (Å²) in [5.41, 5.74) is 1.73. The van der Waals surface area contributed by atoms with E-state index in [-0.39, 0.29) is 10.7 Å². The van der Waals surface area contributed by atoms with Gasteiger partial charge in [-0.05, 0) is 111 Å². The Bertz CT molecular complexity index is 1170.